The molecule has 7 N–H and O–H groups in total. The van der Waals surface area contributed by atoms with Crippen LogP contribution < -0.4 is 27.3 Å². The van der Waals surface area contributed by atoms with Crippen molar-refractivity contribution in [2.24, 2.45) is 23.3 Å². The van der Waals surface area contributed by atoms with Crippen LogP contribution in [-0.4, -0.2) is 31.5 Å². The number of primary amides is 1. The number of nitrogens with zero attached hydrogens (tertiary/aromatic N) is 1. The summed E-state index contributed by atoms with van der Waals surface area (Å²) in [6.07, 6.45) is 9.75. The Kier molecular flexibility index (Phi) is 12.7. The normalized spacial score (nSPS) is 14.7. The lowest BCUT2D eigenvalue weighted by molar-refractivity contribution is -0.109. The van der Waals surface area contributed by atoms with Gasteiger partial charge >= 0.3 is 0 Å². The molecule has 44 heavy (non-hydrogen) atoms. The van der Waals surface area contributed by atoms with E-state index in [0.29, 0.717) is 24.1 Å². The van der Waals surface area contributed by atoms with Crippen LogP contribution in [0, 0.1) is 31.5 Å². The summed E-state index contributed by atoms with van der Waals surface area (Å²) in [6, 6.07) is 12.7. The highest BCUT2D eigenvalue weighted by Crippen LogP contribution is 2.43. The van der Waals surface area contributed by atoms with Gasteiger partial charge in [0, 0.05) is 35.0 Å². The van der Waals surface area contributed by atoms with Gasteiger partial charge in [-0.3, -0.25) is 14.6 Å². The van der Waals surface area contributed by atoms with Crippen molar-refractivity contribution in [1.29, 1.82) is 0 Å². The van der Waals surface area contributed by atoms with Crippen LogP contribution in [0.25, 0.3) is 17.3 Å². The Morgan fingerprint density at radius 1 is 1.11 bits per heavy atom. The Hall–Kier alpha value is -4.40. The largest absolute Gasteiger partial charge is 0.495 e. The van der Waals surface area contributed by atoms with E-state index in [-0.39, 0.29) is 18.1 Å². The van der Waals surface area contributed by atoms with Gasteiger partial charge < -0.3 is 27.3 Å². The minimum Gasteiger partial charge on any atom is -0.495 e. The van der Waals surface area contributed by atoms with Crippen LogP contribution in [-0.2, 0) is 16.0 Å². The molecule has 2 fully saturated rings. The highest BCUT2D eigenvalue weighted by atomic mass is 19.1. The van der Waals surface area contributed by atoms with E-state index < -0.39 is 0 Å². The van der Waals surface area contributed by atoms with Gasteiger partial charge in [0.25, 0.3) is 0 Å². The van der Waals surface area contributed by atoms with Crippen LogP contribution in [0.15, 0.2) is 48.2 Å². The predicted molar refractivity (Wildman–Crippen MR) is 175 cm³/mol. The average molecular weight is 604 g/mol. The van der Waals surface area contributed by atoms with Crippen LogP contribution in [0.4, 0.5) is 10.1 Å². The van der Waals surface area contributed by atoms with E-state index in [0.717, 1.165) is 58.8 Å². The third-order valence-electron chi connectivity index (χ3n) is 7.89. The Balaban J connectivity index is 0.000000239. The van der Waals surface area contributed by atoms with E-state index in [9.17, 15) is 9.18 Å². The average Bonchev–Trinajstić information content (AvgIpc) is 3.92. The number of carbonyl (C=O) groups is 2. The number of hydrogen-bond donors (Lipinski definition) is 4. The number of halogens is 1. The van der Waals surface area contributed by atoms with Gasteiger partial charge in [-0.2, -0.15) is 0 Å². The molecule has 1 aromatic heterocycles. The number of amides is 2. The van der Waals surface area contributed by atoms with Crippen LogP contribution in [0.2, 0.25) is 0 Å². The summed E-state index contributed by atoms with van der Waals surface area (Å²) in [7, 11) is 1.63. The molecule has 1 heterocycles. The van der Waals surface area contributed by atoms with Crippen LogP contribution in [0.1, 0.15) is 72.9 Å². The molecule has 0 aliphatic heterocycles. The molecule has 3 aromatic rings. The molecular formula is C35H46FN5O3. The maximum Gasteiger partial charge on any atom is 0.207 e. The minimum absolute atomic E-state index is 0.236. The van der Waals surface area contributed by atoms with Crippen molar-refractivity contribution in [3.63, 3.8) is 0 Å². The first-order valence-electron chi connectivity index (χ1n) is 15.2. The number of hydrogen-bond acceptors (Lipinski definition) is 6. The molecular weight excluding hydrogens is 557 g/mol. The summed E-state index contributed by atoms with van der Waals surface area (Å²) in [5.41, 5.74) is 25.2. The Morgan fingerprint density at radius 2 is 1.77 bits per heavy atom. The maximum absolute atomic E-state index is 13.3. The molecule has 2 aliphatic carbocycles. The maximum atomic E-state index is 13.3. The van der Waals surface area contributed by atoms with Crippen molar-refractivity contribution >= 4 is 24.6 Å². The van der Waals surface area contributed by atoms with Gasteiger partial charge in [-0.05, 0) is 123 Å². The fourth-order valence-electron chi connectivity index (χ4n) is 5.31. The van der Waals surface area contributed by atoms with Gasteiger partial charge in [0.2, 0.25) is 12.8 Å². The number of nitrogens with two attached hydrogens (primary N) is 3. The zero-order valence-corrected chi connectivity index (χ0v) is 26.2. The van der Waals surface area contributed by atoms with Crippen molar-refractivity contribution in [1.82, 2.24) is 10.3 Å². The van der Waals surface area contributed by atoms with Crippen LogP contribution in [0.3, 0.4) is 0 Å². The smallest absolute Gasteiger partial charge is 0.207 e. The van der Waals surface area contributed by atoms with Gasteiger partial charge in [-0.15, -0.1) is 0 Å². The second kappa shape index (κ2) is 16.4. The molecule has 0 radical (unpaired) electrons. The first kappa shape index (κ1) is 34.1. The number of aromatic nitrogens is 1. The third kappa shape index (κ3) is 9.56. The number of allylic oxidation sites excluding steroid dienone is 1. The number of aryl methyl sites for hydroxylation is 2. The van der Waals surface area contributed by atoms with Crippen molar-refractivity contribution in [3.8, 4) is 17.0 Å². The van der Waals surface area contributed by atoms with Gasteiger partial charge in [0.05, 0.1) is 18.5 Å². The molecule has 0 bridgehead atoms. The fourth-order valence-corrected chi connectivity index (χ4v) is 5.31. The molecule has 1 unspecified atom stereocenters. The Bertz CT molecular complexity index is 1430. The lowest BCUT2D eigenvalue weighted by Gasteiger charge is -2.20. The summed E-state index contributed by atoms with van der Waals surface area (Å²) >= 11 is 0. The SMILES string of the molecule is CCCc1c(C)cc(C(CNC=O)C2CC2)nc1-c1ccc(F)cc1.COc1cc(C)cc(/C=C(\N)C2CC2)c1N.NC=O. The van der Waals surface area contributed by atoms with Gasteiger partial charge in [0.15, 0.2) is 0 Å². The number of nitrogen functional groups attached to an aromatic ring is 1. The molecule has 1 atom stereocenters. The fraction of sp³-hybridized carbons (Fsp3) is 0.400. The number of methoxy groups -OCH3 is 1. The monoisotopic (exact) mass is 603 g/mol. The Morgan fingerprint density at radius 3 is 2.32 bits per heavy atom. The molecule has 0 saturated heterocycles. The van der Waals surface area contributed by atoms with E-state index >= 15 is 0 Å². The molecule has 2 aliphatic rings. The van der Waals surface area contributed by atoms with E-state index in [1.807, 2.05) is 25.1 Å². The highest BCUT2D eigenvalue weighted by Gasteiger charge is 2.33. The highest BCUT2D eigenvalue weighted by molar-refractivity contribution is 5.72. The standard InChI is InChI=1S/C21H25FN2O.C13H18N2O.CH3NO/c1-3-4-18-14(2)11-20(19(12-23-13-25)15-5-6-15)24-21(18)16-7-9-17(22)10-8-16;1-8-5-10(7-11(14)9-3-4-9)13(15)12(6-8)16-2;2-1-3/h7-11,13,15,19H,3-6,12H2,1-2H3,(H,23,25);5-7,9H,3-4,14-15H2,1-2H3;1H,(H2,2,3)/b;11-7-;. The number of anilines is 1. The number of benzene rings is 2. The quantitative estimate of drug-likeness (QED) is 0.161. The second-order valence-corrected chi connectivity index (χ2v) is 11.4. The van der Waals surface area contributed by atoms with Crippen molar-refractivity contribution in [3.05, 3.63) is 81.9 Å². The number of nitrogens with one attached hydrogen (secondary N) is 1. The molecule has 2 amide bonds. The van der Waals surface area contributed by atoms with Gasteiger partial charge in [0.1, 0.15) is 11.6 Å². The number of pyridine rings is 1. The second-order valence-electron chi connectivity index (χ2n) is 11.4. The minimum atomic E-state index is -0.236. The topological polar surface area (TPSA) is 146 Å². The molecule has 8 nitrogen and oxygen atoms in total. The molecule has 236 valence electrons. The number of carbonyl (C=O) groups excluding carboxylic acids is 2. The van der Waals surface area contributed by atoms with E-state index in [4.69, 9.17) is 26.0 Å². The summed E-state index contributed by atoms with van der Waals surface area (Å²) in [4.78, 5) is 24.3. The molecule has 2 saturated carbocycles. The van der Waals surface area contributed by atoms with E-state index in [1.54, 1.807) is 19.2 Å². The lowest BCUT2D eigenvalue weighted by Crippen LogP contribution is -2.22. The van der Waals surface area contributed by atoms with Gasteiger partial charge in [-0.1, -0.05) is 13.3 Å². The summed E-state index contributed by atoms with van der Waals surface area (Å²) in [6.45, 7) is 6.92. The zero-order valence-electron chi connectivity index (χ0n) is 26.2. The molecule has 5 rings (SSSR count). The predicted octanol–water partition coefficient (Wildman–Crippen LogP) is 5.79. The van der Waals surface area contributed by atoms with Gasteiger partial charge in [-0.25, -0.2) is 4.39 Å². The van der Waals surface area contributed by atoms with Crippen molar-refractivity contribution < 1.29 is 18.7 Å². The first-order chi connectivity index (χ1) is 21.2. The van der Waals surface area contributed by atoms with E-state index in [1.165, 1.54) is 48.9 Å². The van der Waals surface area contributed by atoms with Crippen molar-refractivity contribution in [2.45, 2.75) is 65.2 Å². The van der Waals surface area contributed by atoms with Crippen LogP contribution in [0.5, 0.6) is 5.75 Å². The van der Waals surface area contributed by atoms with Crippen LogP contribution >= 0.6 is 0 Å². The molecule has 2 aromatic carbocycles. The summed E-state index contributed by atoms with van der Waals surface area (Å²) in [5, 5.41) is 2.82. The number of rotatable bonds is 11. The lowest BCUT2D eigenvalue weighted by atomic mass is 9.92. The van der Waals surface area contributed by atoms with E-state index in [2.05, 4.69) is 31.0 Å². The zero-order chi connectivity index (χ0) is 32.2. The first-order valence-corrected chi connectivity index (χ1v) is 15.2. The molecule has 0 spiro atoms. The van der Waals surface area contributed by atoms with Crippen molar-refractivity contribution in [2.75, 3.05) is 19.4 Å². The third-order valence-corrected chi connectivity index (χ3v) is 7.89. The number of ether oxygens (including phenoxy) is 1. The summed E-state index contributed by atoms with van der Waals surface area (Å²) in [5.74, 6) is 1.89. The molecule has 9 heteroatoms. The summed E-state index contributed by atoms with van der Waals surface area (Å²) < 4.78 is 18.6. The Labute approximate surface area is 260 Å².